The fourth-order valence-electron chi connectivity index (χ4n) is 5.54. The van der Waals surface area contributed by atoms with E-state index < -0.39 is 0 Å². The fourth-order valence-corrected chi connectivity index (χ4v) is 5.80. The van der Waals surface area contributed by atoms with Crippen molar-refractivity contribution in [2.45, 2.75) is 61.3 Å². The van der Waals surface area contributed by atoms with Crippen molar-refractivity contribution in [3.05, 3.63) is 83.5 Å². The number of halogens is 1. The topological polar surface area (TPSA) is 17.1 Å². The highest BCUT2D eigenvalue weighted by Crippen LogP contribution is 2.47. The van der Waals surface area contributed by atoms with Crippen LogP contribution in [0.4, 0.5) is 3.89 Å². The van der Waals surface area contributed by atoms with E-state index in [1.807, 2.05) is 24.3 Å². The minimum Gasteiger partial charge on any atom is -0.293 e. The second kappa shape index (κ2) is 11.8. The van der Waals surface area contributed by atoms with Crippen LogP contribution < -0.4 is 0 Å². The number of hydrogen-bond acceptors (Lipinski definition) is 2. The van der Waals surface area contributed by atoms with Gasteiger partial charge in [0.15, 0.2) is 5.78 Å². The Kier molecular flexibility index (Phi) is 9.72. The highest BCUT2D eigenvalue weighted by Gasteiger charge is 2.39. The lowest BCUT2D eigenvalue weighted by molar-refractivity contribution is 0.102. The van der Waals surface area contributed by atoms with Gasteiger partial charge in [-0.25, -0.2) is 0 Å². The number of rotatable bonds is 10. The Morgan fingerprint density at radius 3 is 2.21 bits per heavy atom. The predicted molar refractivity (Wildman–Crippen MR) is 143 cm³/mol. The Balaban J connectivity index is 2.53. The number of ketones is 1. The van der Waals surface area contributed by atoms with Crippen LogP contribution in [0.2, 0.25) is 0 Å². The number of Topliss-reactive ketones (excluding diaryl/α,β-unsaturated/α-hetero) is 1. The lowest BCUT2D eigenvalue weighted by Gasteiger charge is -2.44. The molecular formula is C30H39FOS. The monoisotopic (exact) mass is 466 g/mol. The van der Waals surface area contributed by atoms with Crippen LogP contribution in [-0.4, -0.2) is 11.5 Å². The van der Waals surface area contributed by atoms with Gasteiger partial charge in [-0.15, -0.1) is 0 Å². The van der Waals surface area contributed by atoms with Gasteiger partial charge < -0.3 is 0 Å². The first-order valence-corrected chi connectivity index (χ1v) is 12.7. The summed E-state index contributed by atoms with van der Waals surface area (Å²) >= 11 is 0.0792. The number of benzene rings is 2. The maximum atomic E-state index is 12.8. The van der Waals surface area contributed by atoms with Crippen LogP contribution >= 0.6 is 12.1 Å². The molecule has 0 bridgehead atoms. The molecule has 1 nitrogen and oxygen atoms in total. The van der Waals surface area contributed by atoms with Gasteiger partial charge in [0.2, 0.25) is 0 Å². The van der Waals surface area contributed by atoms with Crippen molar-refractivity contribution in [3.63, 3.8) is 0 Å². The van der Waals surface area contributed by atoms with Crippen LogP contribution in [0.15, 0.2) is 72.3 Å². The molecule has 0 aliphatic heterocycles. The molecule has 0 heterocycles. The summed E-state index contributed by atoms with van der Waals surface area (Å²) < 4.78 is 12.8. The lowest BCUT2D eigenvalue weighted by Crippen LogP contribution is -2.37. The standard InChI is InChI=1S/C30H39FOS/c1-8-9-10-15-22(2)28(29(3,4)5)30(6,7)20-23-16-11-12-17-24(23)25-18-13-14-19-26(25)27(32)21-33-31/h9-19,28H,8,20-21H2,1-7H3/b10-9-,22-15?. The van der Waals surface area contributed by atoms with Crippen molar-refractivity contribution < 1.29 is 8.68 Å². The fraction of sp³-hybridized carbons (Fsp3) is 0.433. The van der Waals surface area contributed by atoms with E-state index in [1.165, 1.54) is 11.1 Å². The number of carbonyl (C=O) groups excluding carboxylic acids is 1. The van der Waals surface area contributed by atoms with Crippen LogP contribution in [0.3, 0.4) is 0 Å². The smallest absolute Gasteiger partial charge is 0.175 e. The van der Waals surface area contributed by atoms with Gasteiger partial charge in [-0.3, -0.25) is 4.79 Å². The SMILES string of the molecule is CC/C=C\C=C(C)C(C(C)(C)C)C(C)(C)Cc1ccccc1-c1ccccc1C(=O)CSF. The largest absolute Gasteiger partial charge is 0.293 e. The molecule has 0 fully saturated rings. The normalized spacial score (nSPS) is 14.0. The average Bonchev–Trinajstić information content (AvgIpc) is 2.73. The molecule has 2 rings (SSSR count). The second-order valence-corrected chi connectivity index (χ2v) is 11.1. The molecule has 2 aromatic rings. The molecule has 0 aliphatic rings. The summed E-state index contributed by atoms with van der Waals surface area (Å²) in [6.07, 6.45) is 8.52. The number of carbonyl (C=O) groups is 1. The molecule has 0 radical (unpaired) electrons. The van der Waals surface area contributed by atoms with E-state index >= 15 is 0 Å². The molecule has 0 saturated heterocycles. The Morgan fingerprint density at radius 1 is 1.00 bits per heavy atom. The molecule has 3 heteroatoms. The van der Waals surface area contributed by atoms with Crippen molar-refractivity contribution in [1.82, 2.24) is 0 Å². The predicted octanol–water partition coefficient (Wildman–Crippen LogP) is 9.30. The Bertz CT molecular complexity index is 994. The third-order valence-corrected chi connectivity index (χ3v) is 6.57. The first-order chi connectivity index (χ1) is 15.5. The number of hydrogen-bond donors (Lipinski definition) is 0. The highest BCUT2D eigenvalue weighted by molar-refractivity contribution is 7.95. The van der Waals surface area contributed by atoms with Gasteiger partial charge in [0, 0.05) is 5.56 Å². The van der Waals surface area contributed by atoms with E-state index in [0.717, 1.165) is 24.0 Å². The molecule has 33 heavy (non-hydrogen) atoms. The Labute approximate surface area is 204 Å². The molecule has 0 spiro atoms. The third-order valence-electron chi connectivity index (χ3n) is 6.20. The van der Waals surface area contributed by atoms with Gasteiger partial charge in [-0.05, 0) is 53.2 Å². The first kappa shape index (κ1) is 27.1. The Morgan fingerprint density at radius 2 is 1.61 bits per heavy atom. The summed E-state index contributed by atoms with van der Waals surface area (Å²) in [6, 6.07) is 15.9. The highest BCUT2D eigenvalue weighted by atomic mass is 32.2. The zero-order valence-electron chi connectivity index (χ0n) is 21.2. The zero-order valence-corrected chi connectivity index (χ0v) is 22.1. The van der Waals surface area contributed by atoms with Crippen LogP contribution in [0.1, 0.15) is 70.8 Å². The van der Waals surface area contributed by atoms with Crippen LogP contribution in [0.5, 0.6) is 0 Å². The molecule has 1 unspecified atom stereocenters. The molecule has 0 amide bonds. The van der Waals surface area contributed by atoms with Gasteiger partial charge in [0.25, 0.3) is 0 Å². The van der Waals surface area contributed by atoms with E-state index in [4.69, 9.17) is 0 Å². The molecule has 2 aromatic carbocycles. The quantitative estimate of drug-likeness (QED) is 0.256. The molecule has 0 N–H and O–H groups in total. The number of allylic oxidation sites excluding steroid dienone is 4. The minimum atomic E-state index is -0.179. The molecule has 178 valence electrons. The summed E-state index contributed by atoms with van der Waals surface area (Å²) in [6.45, 7) is 16.0. The minimum absolute atomic E-state index is 0.0251. The first-order valence-electron chi connectivity index (χ1n) is 11.8. The second-order valence-electron chi connectivity index (χ2n) is 10.6. The van der Waals surface area contributed by atoms with Crippen LogP contribution in [-0.2, 0) is 6.42 Å². The van der Waals surface area contributed by atoms with Crippen molar-refractivity contribution in [1.29, 1.82) is 0 Å². The van der Waals surface area contributed by atoms with E-state index in [-0.39, 0.29) is 34.5 Å². The maximum Gasteiger partial charge on any atom is 0.175 e. The van der Waals surface area contributed by atoms with Crippen LogP contribution in [0.25, 0.3) is 11.1 Å². The van der Waals surface area contributed by atoms with Crippen molar-refractivity contribution >= 4 is 17.9 Å². The third kappa shape index (κ3) is 7.17. The van der Waals surface area contributed by atoms with Gasteiger partial charge in [0.05, 0.1) is 17.9 Å². The van der Waals surface area contributed by atoms with Crippen molar-refractivity contribution in [3.8, 4) is 11.1 Å². The Hall–Kier alpha value is -2.13. The average molecular weight is 467 g/mol. The van der Waals surface area contributed by atoms with E-state index in [2.05, 4.69) is 84.9 Å². The zero-order chi connectivity index (χ0) is 24.6. The van der Waals surface area contributed by atoms with E-state index in [9.17, 15) is 8.68 Å². The van der Waals surface area contributed by atoms with Crippen molar-refractivity contribution in [2.75, 3.05) is 5.75 Å². The maximum absolute atomic E-state index is 12.8. The summed E-state index contributed by atoms with van der Waals surface area (Å²) in [5, 5.41) is 0. The lowest BCUT2D eigenvalue weighted by atomic mass is 9.60. The summed E-state index contributed by atoms with van der Waals surface area (Å²) in [5.41, 5.74) is 5.17. The molecule has 0 aromatic heterocycles. The van der Waals surface area contributed by atoms with Gasteiger partial charge in [-0.1, -0.05) is 114 Å². The summed E-state index contributed by atoms with van der Waals surface area (Å²) in [4.78, 5) is 12.6. The molecule has 0 saturated carbocycles. The molecule has 1 atom stereocenters. The summed E-state index contributed by atoms with van der Waals surface area (Å²) in [5.74, 6) is 0.0204. The van der Waals surface area contributed by atoms with Crippen LogP contribution in [0, 0.1) is 16.7 Å². The summed E-state index contributed by atoms with van der Waals surface area (Å²) in [7, 11) is 0. The van der Waals surface area contributed by atoms with E-state index in [1.54, 1.807) is 6.07 Å². The van der Waals surface area contributed by atoms with Gasteiger partial charge in [-0.2, -0.15) is 3.89 Å². The molecule has 0 aliphatic carbocycles. The van der Waals surface area contributed by atoms with Gasteiger partial charge >= 0.3 is 0 Å². The van der Waals surface area contributed by atoms with E-state index in [0.29, 0.717) is 11.5 Å². The molecular weight excluding hydrogens is 427 g/mol. The van der Waals surface area contributed by atoms with Gasteiger partial charge in [0.1, 0.15) is 0 Å². The van der Waals surface area contributed by atoms with Crippen molar-refractivity contribution in [2.24, 2.45) is 16.7 Å².